The van der Waals surface area contributed by atoms with E-state index in [0.29, 0.717) is 23.5 Å². The molecule has 2 aliphatic carbocycles. The van der Waals surface area contributed by atoms with Gasteiger partial charge in [0.1, 0.15) is 5.75 Å². The Labute approximate surface area is 146 Å². The summed E-state index contributed by atoms with van der Waals surface area (Å²) in [4.78, 5) is 0. The first kappa shape index (κ1) is 16.4. The van der Waals surface area contributed by atoms with E-state index in [9.17, 15) is 5.11 Å². The summed E-state index contributed by atoms with van der Waals surface area (Å²) < 4.78 is 0. The number of phenols is 1. The zero-order chi connectivity index (χ0) is 16.9. The van der Waals surface area contributed by atoms with Gasteiger partial charge in [-0.05, 0) is 93.5 Å². The predicted molar refractivity (Wildman–Crippen MR) is 98.4 cm³/mol. The number of phenolic OH excluding ortho intramolecular Hbond substituents is 1. The molecule has 3 atom stereocenters. The van der Waals surface area contributed by atoms with Crippen LogP contribution in [0.15, 0.2) is 6.07 Å². The Morgan fingerprint density at radius 2 is 1.83 bits per heavy atom. The summed E-state index contributed by atoms with van der Waals surface area (Å²) in [5, 5.41) is 14.4. The van der Waals surface area contributed by atoms with E-state index in [1.54, 1.807) is 0 Å². The molecule has 0 aromatic heterocycles. The summed E-state index contributed by atoms with van der Waals surface area (Å²) in [6.45, 7) is 6.46. The molecule has 4 N–H and O–H groups in total. The number of nitrogens with one attached hydrogen (secondary N) is 1. The lowest BCUT2D eigenvalue weighted by Crippen LogP contribution is -2.46. The van der Waals surface area contributed by atoms with E-state index < -0.39 is 0 Å². The minimum atomic E-state index is -0.330. The molecule has 3 unspecified atom stereocenters. The first-order valence-electron chi connectivity index (χ1n) is 9.85. The van der Waals surface area contributed by atoms with E-state index in [1.165, 1.54) is 49.7 Å². The highest BCUT2D eigenvalue weighted by Crippen LogP contribution is 2.60. The highest BCUT2D eigenvalue weighted by molar-refractivity contribution is 5.58. The highest BCUT2D eigenvalue weighted by Gasteiger charge is 2.53. The molecule has 132 valence electrons. The van der Waals surface area contributed by atoms with Crippen molar-refractivity contribution in [2.45, 2.75) is 70.3 Å². The van der Waals surface area contributed by atoms with Crippen LogP contribution in [-0.4, -0.2) is 18.2 Å². The van der Waals surface area contributed by atoms with E-state index in [-0.39, 0.29) is 5.54 Å². The molecule has 2 fully saturated rings. The number of aromatic hydroxyl groups is 1. The van der Waals surface area contributed by atoms with Crippen LogP contribution in [0.1, 0.15) is 73.1 Å². The molecular formula is C21H32N2O. The number of benzene rings is 1. The summed E-state index contributed by atoms with van der Waals surface area (Å²) in [6, 6.07) is 2.16. The van der Waals surface area contributed by atoms with Crippen LogP contribution in [0.25, 0.3) is 0 Å². The van der Waals surface area contributed by atoms with Gasteiger partial charge in [-0.1, -0.05) is 18.9 Å². The van der Waals surface area contributed by atoms with E-state index in [0.717, 1.165) is 30.6 Å². The molecule has 3 nitrogen and oxygen atoms in total. The minimum absolute atomic E-state index is 0.330. The Bertz CT molecular complexity index is 635. The van der Waals surface area contributed by atoms with Gasteiger partial charge < -0.3 is 16.2 Å². The van der Waals surface area contributed by atoms with E-state index >= 15 is 0 Å². The SMILES string of the molecule is Cc1cc(C)c2c(c1O)C(N)(CC1CCNCC1)C1CCCCC21. The number of hydrogen-bond donors (Lipinski definition) is 3. The Kier molecular flexibility index (Phi) is 4.12. The summed E-state index contributed by atoms with van der Waals surface area (Å²) in [6.07, 6.45) is 8.54. The van der Waals surface area contributed by atoms with Gasteiger partial charge in [-0.2, -0.15) is 0 Å². The van der Waals surface area contributed by atoms with Crippen molar-refractivity contribution < 1.29 is 5.11 Å². The molecule has 1 saturated heterocycles. The second-order valence-corrected chi connectivity index (χ2v) is 8.58. The first-order valence-corrected chi connectivity index (χ1v) is 9.85. The van der Waals surface area contributed by atoms with Crippen molar-refractivity contribution in [3.8, 4) is 5.75 Å². The van der Waals surface area contributed by atoms with Crippen LogP contribution in [-0.2, 0) is 5.54 Å². The number of piperidine rings is 1. The van der Waals surface area contributed by atoms with Gasteiger partial charge in [-0.3, -0.25) is 0 Å². The monoisotopic (exact) mass is 328 g/mol. The third kappa shape index (κ3) is 2.40. The van der Waals surface area contributed by atoms with Crippen molar-refractivity contribution in [1.29, 1.82) is 0 Å². The van der Waals surface area contributed by atoms with Gasteiger partial charge in [0.05, 0.1) is 0 Å². The summed E-state index contributed by atoms with van der Waals surface area (Å²) in [5.41, 5.74) is 11.7. The van der Waals surface area contributed by atoms with Crippen LogP contribution in [0.4, 0.5) is 0 Å². The Hall–Kier alpha value is -1.06. The molecule has 0 radical (unpaired) electrons. The van der Waals surface area contributed by atoms with Crippen LogP contribution < -0.4 is 11.1 Å². The fourth-order valence-corrected chi connectivity index (χ4v) is 6.04. The molecule has 1 aromatic rings. The number of aryl methyl sites for hydroxylation is 2. The minimum Gasteiger partial charge on any atom is -0.507 e. The molecule has 0 spiro atoms. The van der Waals surface area contributed by atoms with Crippen molar-refractivity contribution in [2.75, 3.05) is 13.1 Å². The molecule has 0 amide bonds. The lowest BCUT2D eigenvalue weighted by atomic mass is 9.68. The van der Waals surface area contributed by atoms with Crippen molar-refractivity contribution in [2.24, 2.45) is 17.6 Å². The zero-order valence-corrected chi connectivity index (χ0v) is 15.2. The number of hydrogen-bond acceptors (Lipinski definition) is 3. The largest absolute Gasteiger partial charge is 0.507 e. The lowest BCUT2D eigenvalue weighted by Gasteiger charge is -2.40. The Morgan fingerprint density at radius 3 is 2.58 bits per heavy atom. The number of nitrogens with two attached hydrogens (primary N) is 1. The van der Waals surface area contributed by atoms with E-state index in [4.69, 9.17) is 5.73 Å². The van der Waals surface area contributed by atoms with Crippen molar-refractivity contribution >= 4 is 0 Å². The first-order chi connectivity index (χ1) is 11.5. The molecular weight excluding hydrogens is 296 g/mol. The second kappa shape index (κ2) is 6.03. The fraction of sp³-hybridized carbons (Fsp3) is 0.714. The maximum absolute atomic E-state index is 11.0. The average Bonchev–Trinajstić information content (AvgIpc) is 2.84. The van der Waals surface area contributed by atoms with Crippen molar-refractivity contribution in [3.63, 3.8) is 0 Å². The van der Waals surface area contributed by atoms with Crippen molar-refractivity contribution in [1.82, 2.24) is 5.32 Å². The second-order valence-electron chi connectivity index (χ2n) is 8.58. The van der Waals surface area contributed by atoms with Gasteiger partial charge in [0.25, 0.3) is 0 Å². The van der Waals surface area contributed by atoms with Crippen LogP contribution in [0.2, 0.25) is 0 Å². The third-order valence-corrected chi connectivity index (χ3v) is 7.09. The topological polar surface area (TPSA) is 58.3 Å². The van der Waals surface area contributed by atoms with Gasteiger partial charge in [0, 0.05) is 11.1 Å². The Balaban J connectivity index is 1.81. The molecule has 1 aliphatic heterocycles. The summed E-state index contributed by atoms with van der Waals surface area (Å²) in [5.74, 6) is 2.25. The standard InChI is InChI=1S/C21H32N2O/c1-13-11-14(2)20(24)19-18(13)16-5-3-4-6-17(16)21(19,22)12-15-7-9-23-10-8-15/h11,15-17,23-24H,3-10,12,22H2,1-2H3. The molecule has 3 heteroatoms. The van der Waals surface area contributed by atoms with Crippen LogP contribution in [0.3, 0.4) is 0 Å². The smallest absolute Gasteiger partial charge is 0.123 e. The van der Waals surface area contributed by atoms with Crippen LogP contribution >= 0.6 is 0 Å². The van der Waals surface area contributed by atoms with Gasteiger partial charge in [0.15, 0.2) is 0 Å². The van der Waals surface area contributed by atoms with Gasteiger partial charge in [-0.25, -0.2) is 0 Å². The maximum Gasteiger partial charge on any atom is 0.123 e. The van der Waals surface area contributed by atoms with E-state index in [2.05, 4.69) is 18.3 Å². The van der Waals surface area contributed by atoms with Gasteiger partial charge in [-0.15, -0.1) is 0 Å². The van der Waals surface area contributed by atoms with Crippen LogP contribution in [0.5, 0.6) is 5.75 Å². The Morgan fingerprint density at radius 1 is 1.12 bits per heavy atom. The highest BCUT2D eigenvalue weighted by atomic mass is 16.3. The molecule has 1 heterocycles. The molecule has 3 aliphatic rings. The van der Waals surface area contributed by atoms with Gasteiger partial charge >= 0.3 is 0 Å². The zero-order valence-electron chi connectivity index (χ0n) is 15.2. The molecule has 1 aromatic carbocycles. The fourth-order valence-electron chi connectivity index (χ4n) is 6.04. The number of rotatable bonds is 2. The number of fused-ring (bicyclic) bond motifs is 3. The summed E-state index contributed by atoms with van der Waals surface area (Å²) >= 11 is 0. The summed E-state index contributed by atoms with van der Waals surface area (Å²) in [7, 11) is 0. The third-order valence-electron chi connectivity index (χ3n) is 7.09. The lowest BCUT2D eigenvalue weighted by molar-refractivity contribution is 0.157. The van der Waals surface area contributed by atoms with Crippen molar-refractivity contribution in [3.05, 3.63) is 28.3 Å². The predicted octanol–water partition coefficient (Wildman–Crippen LogP) is 3.84. The molecule has 24 heavy (non-hydrogen) atoms. The average molecular weight is 329 g/mol. The molecule has 4 rings (SSSR count). The quantitative estimate of drug-likeness (QED) is 0.773. The van der Waals surface area contributed by atoms with E-state index in [1.807, 2.05) is 6.92 Å². The normalized spacial score (nSPS) is 33.3. The molecule has 1 saturated carbocycles. The maximum atomic E-state index is 11.0. The van der Waals surface area contributed by atoms with Crippen LogP contribution in [0, 0.1) is 25.7 Å². The van der Waals surface area contributed by atoms with Gasteiger partial charge in [0.2, 0.25) is 0 Å². The molecule has 0 bridgehead atoms.